The summed E-state index contributed by atoms with van der Waals surface area (Å²) in [5, 5.41) is 4.12. The number of rotatable bonds is 9. The number of methoxy groups -OCH3 is 1. The molecule has 1 aliphatic heterocycles. The molecule has 3 aromatic rings. The molecule has 0 atom stereocenters. The van der Waals surface area contributed by atoms with E-state index in [-0.39, 0.29) is 4.91 Å². The van der Waals surface area contributed by atoms with E-state index < -0.39 is 23.6 Å². The standard InChI is InChI=1S/C27H26N2O5S/c1-3-4-15-34-22-14-13-18-9-5-6-10-19(18)20(22)16-24-26(31)29(27(32)35-24)17-25(30)28-21-11-7-8-12-23(21)33-2/h5-14,16H,3-4,15,17H2,1-2H3,(H,28,30)/b24-16-. The summed E-state index contributed by atoms with van der Waals surface area (Å²) in [5.74, 6) is 0.133. The van der Waals surface area contributed by atoms with E-state index in [1.165, 1.54) is 7.11 Å². The second-order valence-electron chi connectivity index (χ2n) is 7.92. The molecule has 0 unspecified atom stereocenters. The topological polar surface area (TPSA) is 84.9 Å². The van der Waals surface area contributed by atoms with Gasteiger partial charge in [-0.15, -0.1) is 0 Å². The SMILES string of the molecule is CCCCOc1ccc2ccccc2c1/C=C1\SC(=O)N(CC(=O)Nc2ccccc2OC)C1=O. The largest absolute Gasteiger partial charge is 0.495 e. The molecule has 0 bridgehead atoms. The monoisotopic (exact) mass is 490 g/mol. The third-order valence-electron chi connectivity index (χ3n) is 5.52. The molecule has 3 amide bonds. The third-order valence-corrected chi connectivity index (χ3v) is 6.43. The highest BCUT2D eigenvalue weighted by atomic mass is 32.2. The van der Waals surface area contributed by atoms with Crippen molar-refractivity contribution in [3.63, 3.8) is 0 Å². The van der Waals surface area contributed by atoms with Gasteiger partial charge in [0.05, 0.1) is 24.3 Å². The average molecular weight is 491 g/mol. The zero-order valence-electron chi connectivity index (χ0n) is 19.6. The van der Waals surface area contributed by atoms with Gasteiger partial charge in [0.15, 0.2) is 0 Å². The van der Waals surface area contributed by atoms with Crippen molar-refractivity contribution in [1.82, 2.24) is 4.90 Å². The average Bonchev–Trinajstić information content (AvgIpc) is 3.13. The maximum atomic E-state index is 13.1. The number of thioether (sulfide) groups is 1. The molecular weight excluding hydrogens is 464 g/mol. The molecule has 8 heteroatoms. The number of nitrogens with one attached hydrogen (secondary N) is 1. The maximum Gasteiger partial charge on any atom is 0.294 e. The van der Waals surface area contributed by atoms with Gasteiger partial charge in [-0.2, -0.15) is 0 Å². The number of imide groups is 1. The molecule has 0 aromatic heterocycles. The van der Waals surface area contributed by atoms with Gasteiger partial charge < -0.3 is 14.8 Å². The van der Waals surface area contributed by atoms with E-state index in [0.29, 0.717) is 23.8 Å². The second kappa shape index (κ2) is 11.1. The Morgan fingerprint density at radius 2 is 1.80 bits per heavy atom. The van der Waals surface area contributed by atoms with Gasteiger partial charge in [0, 0.05) is 5.56 Å². The lowest BCUT2D eigenvalue weighted by atomic mass is 10.0. The van der Waals surface area contributed by atoms with Crippen LogP contribution in [0, 0.1) is 0 Å². The summed E-state index contributed by atoms with van der Waals surface area (Å²) in [6, 6.07) is 18.6. The van der Waals surface area contributed by atoms with Crippen LogP contribution >= 0.6 is 11.8 Å². The van der Waals surface area contributed by atoms with E-state index in [0.717, 1.165) is 45.8 Å². The molecule has 180 valence electrons. The van der Waals surface area contributed by atoms with Gasteiger partial charge in [-0.3, -0.25) is 19.3 Å². The lowest BCUT2D eigenvalue weighted by molar-refractivity contribution is -0.127. The summed E-state index contributed by atoms with van der Waals surface area (Å²) in [6.45, 7) is 2.25. The van der Waals surface area contributed by atoms with Crippen molar-refractivity contribution < 1.29 is 23.9 Å². The van der Waals surface area contributed by atoms with Gasteiger partial charge >= 0.3 is 0 Å². The van der Waals surface area contributed by atoms with Gasteiger partial charge in [0.25, 0.3) is 11.1 Å². The Morgan fingerprint density at radius 3 is 2.60 bits per heavy atom. The Hall–Kier alpha value is -3.78. The number of amides is 3. The number of para-hydroxylation sites is 2. The summed E-state index contributed by atoms with van der Waals surface area (Å²) in [7, 11) is 1.50. The zero-order chi connectivity index (χ0) is 24.8. The fourth-order valence-corrected chi connectivity index (χ4v) is 4.55. The van der Waals surface area contributed by atoms with E-state index in [2.05, 4.69) is 12.2 Å². The first-order valence-corrected chi connectivity index (χ1v) is 12.2. The molecule has 35 heavy (non-hydrogen) atoms. The molecule has 3 aromatic carbocycles. The van der Waals surface area contributed by atoms with E-state index in [1.807, 2.05) is 36.4 Å². The highest BCUT2D eigenvalue weighted by molar-refractivity contribution is 8.18. The molecular formula is C27H26N2O5S. The van der Waals surface area contributed by atoms with E-state index in [4.69, 9.17) is 9.47 Å². The lowest BCUT2D eigenvalue weighted by Gasteiger charge is -2.14. The van der Waals surface area contributed by atoms with E-state index in [9.17, 15) is 14.4 Å². The molecule has 7 nitrogen and oxygen atoms in total. The van der Waals surface area contributed by atoms with Crippen molar-refractivity contribution in [2.75, 3.05) is 25.6 Å². The third kappa shape index (κ3) is 5.49. The number of anilines is 1. The van der Waals surface area contributed by atoms with Crippen LogP contribution in [0.5, 0.6) is 11.5 Å². The minimum Gasteiger partial charge on any atom is -0.495 e. The van der Waals surface area contributed by atoms with Crippen molar-refractivity contribution in [2.45, 2.75) is 19.8 Å². The van der Waals surface area contributed by atoms with Gasteiger partial charge in [-0.1, -0.05) is 55.8 Å². The Morgan fingerprint density at radius 1 is 1.03 bits per heavy atom. The highest BCUT2D eigenvalue weighted by Gasteiger charge is 2.36. The zero-order valence-corrected chi connectivity index (χ0v) is 20.4. The molecule has 1 aliphatic rings. The Bertz CT molecular complexity index is 1300. The molecule has 1 saturated heterocycles. The number of fused-ring (bicyclic) bond motifs is 1. The fourth-order valence-electron chi connectivity index (χ4n) is 3.73. The molecule has 0 aliphatic carbocycles. The summed E-state index contributed by atoms with van der Waals surface area (Å²) in [6.07, 6.45) is 3.59. The van der Waals surface area contributed by atoms with Crippen LogP contribution in [-0.4, -0.2) is 42.2 Å². The number of hydrogen-bond donors (Lipinski definition) is 1. The minimum atomic E-state index is -0.511. The predicted octanol–water partition coefficient (Wildman–Crippen LogP) is 5.70. The van der Waals surface area contributed by atoms with E-state index in [1.54, 1.807) is 30.3 Å². The number of ether oxygens (including phenoxy) is 2. The second-order valence-corrected chi connectivity index (χ2v) is 8.91. The van der Waals surface area contributed by atoms with Crippen molar-refractivity contribution >= 4 is 51.4 Å². The van der Waals surface area contributed by atoms with Crippen LogP contribution in [0.1, 0.15) is 25.3 Å². The molecule has 1 fully saturated rings. The van der Waals surface area contributed by atoms with Crippen LogP contribution in [0.15, 0.2) is 65.6 Å². The quantitative estimate of drug-likeness (QED) is 0.306. The van der Waals surface area contributed by atoms with Crippen LogP contribution < -0.4 is 14.8 Å². The number of carbonyl (C=O) groups is 3. The van der Waals surface area contributed by atoms with Gasteiger partial charge in [0.1, 0.15) is 18.0 Å². The first-order valence-electron chi connectivity index (χ1n) is 11.3. The summed E-state index contributed by atoms with van der Waals surface area (Å²) in [4.78, 5) is 39.6. The Labute approximate surface area is 208 Å². The minimum absolute atomic E-state index is 0.247. The summed E-state index contributed by atoms with van der Waals surface area (Å²) in [5.41, 5.74) is 1.20. The number of benzene rings is 3. The normalized spacial score (nSPS) is 14.6. The van der Waals surface area contributed by atoms with Crippen molar-refractivity contribution in [3.05, 3.63) is 71.1 Å². The van der Waals surface area contributed by atoms with Crippen LogP contribution in [0.25, 0.3) is 16.8 Å². The molecule has 0 radical (unpaired) electrons. The fraction of sp³-hybridized carbons (Fsp3) is 0.222. The number of nitrogens with zero attached hydrogens (tertiary/aromatic N) is 1. The molecule has 0 spiro atoms. The highest BCUT2D eigenvalue weighted by Crippen LogP contribution is 2.37. The van der Waals surface area contributed by atoms with Crippen LogP contribution in [-0.2, 0) is 9.59 Å². The van der Waals surface area contributed by atoms with Crippen LogP contribution in [0.3, 0.4) is 0 Å². The van der Waals surface area contributed by atoms with Crippen LogP contribution in [0.4, 0.5) is 10.5 Å². The van der Waals surface area contributed by atoms with Gasteiger partial charge in [0.2, 0.25) is 5.91 Å². The van der Waals surface area contributed by atoms with Crippen LogP contribution in [0.2, 0.25) is 0 Å². The molecule has 4 rings (SSSR count). The van der Waals surface area contributed by atoms with Gasteiger partial charge in [-0.25, -0.2) is 0 Å². The Balaban J connectivity index is 1.58. The van der Waals surface area contributed by atoms with E-state index >= 15 is 0 Å². The summed E-state index contributed by atoms with van der Waals surface area (Å²) < 4.78 is 11.2. The first kappa shape index (κ1) is 24.3. The molecule has 1 heterocycles. The smallest absolute Gasteiger partial charge is 0.294 e. The number of hydrogen-bond acceptors (Lipinski definition) is 6. The molecule has 0 saturated carbocycles. The number of unbranched alkanes of at least 4 members (excludes halogenated alkanes) is 1. The first-order chi connectivity index (χ1) is 17.0. The lowest BCUT2D eigenvalue weighted by Crippen LogP contribution is -2.36. The van der Waals surface area contributed by atoms with Gasteiger partial charge in [-0.05, 0) is 53.2 Å². The molecule has 1 N–H and O–H groups in total. The van der Waals surface area contributed by atoms with Crippen molar-refractivity contribution in [1.29, 1.82) is 0 Å². The number of carbonyl (C=O) groups excluding carboxylic acids is 3. The van der Waals surface area contributed by atoms with Crippen molar-refractivity contribution in [3.8, 4) is 11.5 Å². The van der Waals surface area contributed by atoms with Crippen molar-refractivity contribution in [2.24, 2.45) is 0 Å². The predicted molar refractivity (Wildman–Crippen MR) is 139 cm³/mol. The Kier molecular flexibility index (Phi) is 7.72. The summed E-state index contributed by atoms with van der Waals surface area (Å²) >= 11 is 0.816. The maximum absolute atomic E-state index is 13.1.